The van der Waals surface area contributed by atoms with Crippen molar-refractivity contribution in [3.05, 3.63) is 96.6 Å². The molecule has 0 radical (unpaired) electrons. The van der Waals surface area contributed by atoms with E-state index in [1.165, 1.54) is 5.56 Å². The number of anilines is 1. The van der Waals surface area contributed by atoms with Gasteiger partial charge in [-0.2, -0.15) is 0 Å². The van der Waals surface area contributed by atoms with E-state index < -0.39 is 0 Å². The van der Waals surface area contributed by atoms with Crippen LogP contribution in [-0.4, -0.2) is 11.2 Å². The van der Waals surface area contributed by atoms with Crippen LogP contribution in [0.4, 0.5) is 5.69 Å². The Morgan fingerprint density at radius 2 is 1.25 bits per heavy atom. The number of amides is 1. The molecule has 1 heterocycles. The van der Waals surface area contributed by atoms with Crippen LogP contribution in [0.3, 0.4) is 0 Å². The monoisotopic (exact) mass is 331 g/mol. The summed E-state index contributed by atoms with van der Waals surface area (Å²) in [6, 6.07) is 30.4. The van der Waals surface area contributed by atoms with Crippen LogP contribution in [0.1, 0.15) is 11.6 Å². The second-order valence-electron chi connectivity index (χ2n) is 5.75. The first-order valence-electron chi connectivity index (χ1n) is 7.99. The first-order chi connectivity index (χ1) is 11.8. The van der Waals surface area contributed by atoms with Gasteiger partial charge < -0.3 is 4.90 Å². The van der Waals surface area contributed by atoms with Crippen LogP contribution in [-0.2, 0) is 4.79 Å². The zero-order valence-electron chi connectivity index (χ0n) is 13.1. The lowest BCUT2D eigenvalue weighted by atomic mass is 9.92. The van der Waals surface area contributed by atoms with Gasteiger partial charge in [0, 0.05) is 10.6 Å². The van der Waals surface area contributed by atoms with E-state index in [1.807, 2.05) is 71.6 Å². The number of hydrogen-bond acceptors (Lipinski definition) is 2. The van der Waals surface area contributed by atoms with Crippen molar-refractivity contribution in [1.29, 1.82) is 0 Å². The number of carbonyl (C=O) groups excluding carboxylic acids is 1. The molecule has 2 nitrogen and oxygen atoms in total. The Balaban J connectivity index is 1.68. The molecular weight excluding hydrogens is 314 g/mol. The summed E-state index contributed by atoms with van der Waals surface area (Å²) in [7, 11) is 0. The third-order valence-corrected chi connectivity index (χ3v) is 5.49. The van der Waals surface area contributed by atoms with Gasteiger partial charge in [-0.3, -0.25) is 4.79 Å². The van der Waals surface area contributed by atoms with Crippen LogP contribution in [0, 0.1) is 0 Å². The molecule has 1 aliphatic heterocycles. The van der Waals surface area contributed by atoms with Gasteiger partial charge in [0.15, 0.2) is 0 Å². The zero-order valence-corrected chi connectivity index (χ0v) is 13.9. The summed E-state index contributed by atoms with van der Waals surface area (Å²) in [5.74, 6) is 0.170. The lowest BCUT2D eigenvalue weighted by molar-refractivity contribution is -0.123. The van der Waals surface area contributed by atoms with E-state index in [9.17, 15) is 4.79 Å². The first kappa shape index (κ1) is 15.0. The molecule has 0 aliphatic carbocycles. The summed E-state index contributed by atoms with van der Waals surface area (Å²) in [4.78, 5) is 15.9. The van der Waals surface area contributed by atoms with Crippen LogP contribution in [0.5, 0.6) is 0 Å². The Hall–Kier alpha value is -2.52. The van der Waals surface area contributed by atoms with Gasteiger partial charge >= 0.3 is 0 Å². The standard InChI is InChI=1S/C21H17NOS/c23-21-20(24-18-14-8-3-9-15-18)19(16-10-4-1-5-11-16)22(21)17-12-6-2-7-13-17/h1-15,19-20H/t19-,20+/m0/s1. The van der Waals surface area contributed by atoms with Crippen LogP contribution in [0.2, 0.25) is 0 Å². The minimum absolute atomic E-state index is 0.0614. The number of carbonyl (C=O) groups is 1. The molecule has 0 saturated carbocycles. The molecule has 0 spiro atoms. The number of thioether (sulfide) groups is 1. The maximum absolute atomic E-state index is 12.9. The topological polar surface area (TPSA) is 20.3 Å². The van der Waals surface area contributed by atoms with Crippen LogP contribution < -0.4 is 4.90 Å². The molecule has 1 amide bonds. The number of rotatable bonds is 4. The van der Waals surface area contributed by atoms with Crippen molar-refractivity contribution >= 4 is 23.4 Å². The minimum atomic E-state index is -0.0880. The quantitative estimate of drug-likeness (QED) is 0.631. The largest absolute Gasteiger partial charge is 0.302 e. The third kappa shape index (κ3) is 2.72. The molecule has 24 heavy (non-hydrogen) atoms. The third-order valence-electron chi connectivity index (χ3n) is 4.23. The van der Waals surface area contributed by atoms with E-state index in [2.05, 4.69) is 24.3 Å². The van der Waals surface area contributed by atoms with Crippen molar-refractivity contribution in [3.63, 3.8) is 0 Å². The summed E-state index contributed by atoms with van der Waals surface area (Å²) in [5.41, 5.74) is 2.13. The highest BCUT2D eigenvalue weighted by Crippen LogP contribution is 2.47. The van der Waals surface area contributed by atoms with Gasteiger partial charge in [0.1, 0.15) is 5.25 Å². The second kappa shape index (κ2) is 6.54. The average molecular weight is 331 g/mol. The maximum atomic E-state index is 12.9. The van der Waals surface area contributed by atoms with E-state index in [-0.39, 0.29) is 17.2 Å². The number of β-lactam (4-membered cyclic amide) rings is 1. The van der Waals surface area contributed by atoms with Gasteiger partial charge in [0.2, 0.25) is 5.91 Å². The van der Waals surface area contributed by atoms with E-state index in [0.29, 0.717) is 0 Å². The molecule has 0 bridgehead atoms. The van der Waals surface area contributed by atoms with Crippen molar-refractivity contribution in [3.8, 4) is 0 Å². The summed E-state index contributed by atoms with van der Waals surface area (Å²) >= 11 is 1.65. The molecule has 3 heteroatoms. The summed E-state index contributed by atoms with van der Waals surface area (Å²) < 4.78 is 0. The van der Waals surface area contributed by atoms with Crippen LogP contribution >= 0.6 is 11.8 Å². The molecule has 1 saturated heterocycles. The highest BCUT2D eigenvalue weighted by atomic mass is 32.2. The number of para-hydroxylation sites is 1. The summed E-state index contributed by atoms with van der Waals surface area (Å²) in [6.45, 7) is 0. The van der Waals surface area contributed by atoms with E-state index >= 15 is 0 Å². The molecule has 2 atom stereocenters. The van der Waals surface area contributed by atoms with Gasteiger partial charge in [-0.1, -0.05) is 66.7 Å². The molecule has 3 aromatic rings. The van der Waals surface area contributed by atoms with Crippen molar-refractivity contribution in [1.82, 2.24) is 0 Å². The SMILES string of the molecule is O=C1[C@H](Sc2ccccc2)[C@H](c2ccccc2)N1c1ccccc1. The molecule has 1 fully saturated rings. The van der Waals surface area contributed by atoms with E-state index in [1.54, 1.807) is 11.8 Å². The highest BCUT2D eigenvalue weighted by Gasteiger charge is 2.49. The summed E-state index contributed by atoms with van der Waals surface area (Å²) in [6.07, 6.45) is 0. The smallest absolute Gasteiger partial charge is 0.243 e. The summed E-state index contributed by atoms with van der Waals surface area (Å²) in [5, 5.41) is -0.0880. The normalized spacial score (nSPS) is 19.8. The fourth-order valence-corrected chi connectivity index (χ4v) is 4.30. The molecule has 4 rings (SSSR count). The first-order valence-corrected chi connectivity index (χ1v) is 8.87. The molecule has 1 aliphatic rings. The molecule has 118 valence electrons. The van der Waals surface area contributed by atoms with Crippen molar-refractivity contribution in [2.24, 2.45) is 0 Å². The van der Waals surface area contributed by atoms with Gasteiger partial charge in [-0.25, -0.2) is 0 Å². The molecule has 0 N–H and O–H groups in total. The lowest BCUT2D eigenvalue weighted by Crippen LogP contribution is -2.57. The van der Waals surface area contributed by atoms with Crippen molar-refractivity contribution in [2.45, 2.75) is 16.2 Å². The zero-order chi connectivity index (χ0) is 16.4. The molecule has 0 aromatic heterocycles. The minimum Gasteiger partial charge on any atom is -0.302 e. The van der Waals surface area contributed by atoms with E-state index in [0.717, 1.165) is 10.6 Å². The molecule has 3 aromatic carbocycles. The molecule has 0 unspecified atom stereocenters. The van der Waals surface area contributed by atoms with Crippen molar-refractivity contribution < 1.29 is 4.79 Å². The maximum Gasteiger partial charge on any atom is 0.243 e. The van der Waals surface area contributed by atoms with E-state index in [4.69, 9.17) is 0 Å². The Kier molecular flexibility index (Phi) is 4.09. The Bertz CT molecular complexity index is 820. The Morgan fingerprint density at radius 3 is 1.88 bits per heavy atom. The van der Waals surface area contributed by atoms with Crippen LogP contribution in [0.15, 0.2) is 95.9 Å². The predicted molar refractivity (Wildman–Crippen MR) is 99.2 cm³/mol. The predicted octanol–water partition coefficient (Wildman–Crippen LogP) is 4.94. The van der Waals surface area contributed by atoms with Gasteiger partial charge in [-0.05, 0) is 29.8 Å². The number of benzene rings is 3. The van der Waals surface area contributed by atoms with Gasteiger partial charge in [-0.15, -0.1) is 11.8 Å². The fraction of sp³-hybridized carbons (Fsp3) is 0.0952. The van der Waals surface area contributed by atoms with Crippen molar-refractivity contribution in [2.75, 3.05) is 4.90 Å². The van der Waals surface area contributed by atoms with Gasteiger partial charge in [0.05, 0.1) is 6.04 Å². The molecular formula is C21H17NOS. The lowest BCUT2D eigenvalue weighted by Gasteiger charge is -2.47. The van der Waals surface area contributed by atoms with Gasteiger partial charge in [0.25, 0.3) is 0 Å². The van der Waals surface area contributed by atoms with Crippen LogP contribution in [0.25, 0.3) is 0 Å². The number of hydrogen-bond donors (Lipinski definition) is 0. The average Bonchev–Trinajstić information content (AvgIpc) is 2.66. The number of nitrogens with zero attached hydrogens (tertiary/aromatic N) is 1. The fourth-order valence-electron chi connectivity index (χ4n) is 3.07. The second-order valence-corrected chi connectivity index (χ2v) is 6.97. The Labute approximate surface area is 146 Å². The highest BCUT2D eigenvalue weighted by molar-refractivity contribution is 8.00. The Morgan fingerprint density at radius 1 is 0.708 bits per heavy atom.